The predicted octanol–water partition coefficient (Wildman–Crippen LogP) is 4.73. The van der Waals surface area contributed by atoms with Crippen LogP contribution in [0, 0.1) is 0 Å². The van der Waals surface area contributed by atoms with Crippen LogP contribution in [0.5, 0.6) is 0 Å². The molecule has 2 aromatic carbocycles. The molecule has 0 bridgehead atoms. The fourth-order valence-corrected chi connectivity index (χ4v) is 5.93. The zero-order valence-electron chi connectivity index (χ0n) is 16.8. The van der Waals surface area contributed by atoms with Gasteiger partial charge in [0, 0.05) is 11.1 Å². The van der Waals surface area contributed by atoms with Gasteiger partial charge in [0.05, 0.1) is 21.2 Å². The number of amides is 2. The molecule has 160 valence electrons. The lowest BCUT2D eigenvalue weighted by atomic mass is 10.1. The van der Waals surface area contributed by atoms with Crippen LogP contribution in [0.4, 0.5) is 11.4 Å². The number of ketones is 2. The van der Waals surface area contributed by atoms with E-state index in [0.29, 0.717) is 22.5 Å². The largest absolute Gasteiger partial charge is 0.295 e. The van der Waals surface area contributed by atoms with Gasteiger partial charge in [-0.3, -0.25) is 29.0 Å². The summed E-state index contributed by atoms with van der Waals surface area (Å²) in [6, 6.07) is 13.2. The van der Waals surface area contributed by atoms with E-state index in [4.69, 9.17) is 24.4 Å². The van der Waals surface area contributed by atoms with Crippen LogP contribution in [-0.4, -0.2) is 32.0 Å². The topological polar surface area (TPSA) is 74.8 Å². The Labute approximate surface area is 203 Å². The minimum atomic E-state index is -0.446. The van der Waals surface area contributed by atoms with Crippen LogP contribution < -0.4 is 9.80 Å². The van der Waals surface area contributed by atoms with Crippen molar-refractivity contribution in [2.24, 2.45) is 0 Å². The summed E-state index contributed by atoms with van der Waals surface area (Å²) in [4.78, 5) is 52.9. The summed E-state index contributed by atoms with van der Waals surface area (Å²) in [5, 5.41) is 0. The van der Waals surface area contributed by atoms with Crippen molar-refractivity contribution in [3.8, 4) is 0 Å². The summed E-state index contributed by atoms with van der Waals surface area (Å²) < 4.78 is 0.518. The Hall–Kier alpha value is -2.66. The van der Waals surface area contributed by atoms with Crippen molar-refractivity contribution >= 4 is 91.4 Å². The van der Waals surface area contributed by atoms with E-state index in [9.17, 15) is 19.2 Å². The molecule has 10 heteroatoms. The number of benzene rings is 2. The quantitative estimate of drug-likeness (QED) is 0.340. The molecule has 0 atom stereocenters. The standard InChI is InChI=1S/C22H14N2O4S4/c1-11(25)13-5-3-7-15(9-13)23-19(27)17(31-21(23)29)18-20(28)24(22(30)32-18)16-8-4-6-14(10-16)12(2)26/h3-10H,1-2H3/b18-17+. The first kappa shape index (κ1) is 22.5. The fourth-order valence-electron chi connectivity index (χ4n) is 3.18. The molecule has 0 saturated carbocycles. The number of thiocarbonyl (C=S) groups is 2. The van der Waals surface area contributed by atoms with Crippen LogP contribution >= 0.6 is 48.0 Å². The molecule has 0 aromatic heterocycles. The minimum Gasteiger partial charge on any atom is -0.295 e. The molecule has 32 heavy (non-hydrogen) atoms. The van der Waals surface area contributed by atoms with Crippen molar-refractivity contribution in [3.05, 3.63) is 69.5 Å². The lowest BCUT2D eigenvalue weighted by molar-refractivity contribution is -0.115. The van der Waals surface area contributed by atoms with Crippen LogP contribution in [0.1, 0.15) is 34.6 Å². The summed E-state index contributed by atoms with van der Waals surface area (Å²) in [6.45, 7) is 2.88. The van der Waals surface area contributed by atoms with E-state index in [1.54, 1.807) is 48.5 Å². The van der Waals surface area contributed by atoms with Gasteiger partial charge < -0.3 is 0 Å². The highest BCUT2D eigenvalue weighted by Crippen LogP contribution is 2.44. The van der Waals surface area contributed by atoms with E-state index >= 15 is 0 Å². The maximum absolute atomic E-state index is 13.2. The van der Waals surface area contributed by atoms with Crippen molar-refractivity contribution in [1.82, 2.24) is 0 Å². The minimum absolute atomic E-state index is 0.133. The maximum Gasteiger partial charge on any atom is 0.272 e. The molecular formula is C22H14N2O4S4. The van der Waals surface area contributed by atoms with Crippen molar-refractivity contribution in [2.45, 2.75) is 13.8 Å². The second-order valence-corrected chi connectivity index (χ2v) is 10.2. The summed E-state index contributed by atoms with van der Waals surface area (Å²) >= 11 is 12.8. The number of carbonyl (C=O) groups excluding carboxylic acids is 4. The van der Waals surface area contributed by atoms with Crippen LogP contribution in [0.2, 0.25) is 0 Å². The van der Waals surface area contributed by atoms with Crippen molar-refractivity contribution < 1.29 is 19.2 Å². The Morgan fingerprint density at radius 3 is 1.44 bits per heavy atom. The first-order chi connectivity index (χ1) is 15.2. The van der Waals surface area contributed by atoms with E-state index in [-0.39, 0.29) is 30.0 Å². The average molecular weight is 499 g/mol. The molecule has 0 unspecified atom stereocenters. The predicted molar refractivity (Wildman–Crippen MR) is 135 cm³/mol. The summed E-state index contributed by atoms with van der Waals surface area (Å²) in [7, 11) is 0. The van der Waals surface area contributed by atoms with E-state index < -0.39 is 11.8 Å². The monoisotopic (exact) mass is 498 g/mol. The van der Waals surface area contributed by atoms with Gasteiger partial charge >= 0.3 is 0 Å². The highest BCUT2D eigenvalue weighted by atomic mass is 32.2. The van der Waals surface area contributed by atoms with Crippen LogP contribution in [-0.2, 0) is 9.59 Å². The third-order valence-electron chi connectivity index (χ3n) is 4.77. The first-order valence-corrected chi connectivity index (χ1v) is 11.7. The van der Waals surface area contributed by atoms with Gasteiger partial charge in [0.2, 0.25) is 0 Å². The molecule has 2 fully saturated rings. The second kappa shape index (κ2) is 8.70. The van der Waals surface area contributed by atoms with E-state index in [1.165, 1.54) is 23.6 Å². The molecule has 0 radical (unpaired) electrons. The van der Waals surface area contributed by atoms with Gasteiger partial charge in [-0.2, -0.15) is 0 Å². The van der Waals surface area contributed by atoms with Gasteiger partial charge in [0.15, 0.2) is 20.2 Å². The highest BCUT2D eigenvalue weighted by Gasteiger charge is 2.43. The smallest absolute Gasteiger partial charge is 0.272 e. The molecule has 4 rings (SSSR count). The highest BCUT2D eigenvalue weighted by molar-refractivity contribution is 8.30. The van der Waals surface area contributed by atoms with Crippen molar-refractivity contribution in [3.63, 3.8) is 0 Å². The number of nitrogens with zero attached hydrogens (tertiary/aromatic N) is 2. The molecule has 2 aromatic rings. The SMILES string of the molecule is CC(=O)c1cccc(N2C(=O)/C(=C3\SC(=S)N(c4cccc(C(C)=O)c4)C3=O)SC2=S)c1. The molecule has 0 aliphatic carbocycles. The molecule has 2 saturated heterocycles. The molecule has 2 amide bonds. The van der Waals surface area contributed by atoms with Gasteiger partial charge in [0.1, 0.15) is 0 Å². The zero-order chi connectivity index (χ0) is 23.2. The Balaban J connectivity index is 1.70. The second-order valence-electron chi connectivity index (χ2n) is 6.89. The van der Waals surface area contributed by atoms with Gasteiger partial charge in [-0.25, -0.2) is 0 Å². The normalized spacial score (nSPS) is 18.7. The number of thioether (sulfide) groups is 2. The molecular weight excluding hydrogens is 485 g/mol. The van der Waals surface area contributed by atoms with Gasteiger partial charge in [-0.15, -0.1) is 0 Å². The summed E-state index contributed by atoms with van der Waals surface area (Å²) in [6.07, 6.45) is 0. The summed E-state index contributed by atoms with van der Waals surface area (Å²) in [5.74, 6) is -1.16. The molecule has 2 aliphatic rings. The van der Waals surface area contributed by atoms with E-state index in [0.717, 1.165) is 23.5 Å². The molecule has 6 nitrogen and oxygen atoms in total. The third-order valence-corrected chi connectivity index (χ3v) is 7.64. The Morgan fingerprint density at radius 1 is 0.719 bits per heavy atom. The van der Waals surface area contributed by atoms with E-state index in [2.05, 4.69) is 0 Å². The number of anilines is 2. The lowest BCUT2D eigenvalue weighted by Crippen LogP contribution is -2.29. The number of carbonyl (C=O) groups is 4. The molecule has 0 spiro atoms. The first-order valence-electron chi connectivity index (χ1n) is 9.28. The Kier molecular flexibility index (Phi) is 6.13. The third kappa shape index (κ3) is 3.95. The number of hydrogen-bond acceptors (Lipinski definition) is 8. The van der Waals surface area contributed by atoms with Gasteiger partial charge in [-0.05, 0) is 38.1 Å². The number of hydrogen-bond donors (Lipinski definition) is 0. The lowest BCUT2D eigenvalue weighted by Gasteiger charge is -2.15. The number of rotatable bonds is 4. The average Bonchev–Trinajstić information content (AvgIpc) is 3.22. The van der Waals surface area contributed by atoms with E-state index in [1.807, 2.05) is 0 Å². The molecule has 2 heterocycles. The Bertz CT molecular complexity index is 1190. The van der Waals surface area contributed by atoms with Gasteiger partial charge in [0.25, 0.3) is 11.8 Å². The molecule has 2 aliphatic heterocycles. The van der Waals surface area contributed by atoms with Gasteiger partial charge in [-0.1, -0.05) is 72.2 Å². The molecule has 0 N–H and O–H groups in total. The Morgan fingerprint density at radius 2 is 1.09 bits per heavy atom. The van der Waals surface area contributed by atoms with Crippen LogP contribution in [0.15, 0.2) is 58.3 Å². The van der Waals surface area contributed by atoms with Crippen molar-refractivity contribution in [1.29, 1.82) is 0 Å². The van der Waals surface area contributed by atoms with Crippen LogP contribution in [0.3, 0.4) is 0 Å². The number of Topliss-reactive ketones (excluding diaryl/α,β-unsaturated/α-hetero) is 2. The maximum atomic E-state index is 13.2. The summed E-state index contributed by atoms with van der Waals surface area (Å²) in [5.41, 5.74) is 1.82. The van der Waals surface area contributed by atoms with Crippen molar-refractivity contribution in [2.75, 3.05) is 9.80 Å². The fraction of sp³-hybridized carbons (Fsp3) is 0.0909. The zero-order valence-corrected chi connectivity index (χ0v) is 20.0. The van der Waals surface area contributed by atoms with Crippen LogP contribution in [0.25, 0.3) is 0 Å².